The lowest BCUT2D eigenvalue weighted by molar-refractivity contribution is 0.0691. The van der Waals surface area contributed by atoms with Gasteiger partial charge in [-0.25, -0.2) is 18.4 Å². The Hall–Kier alpha value is -2.68. The minimum atomic E-state index is -4.06. The van der Waals surface area contributed by atoms with Gasteiger partial charge in [0.15, 0.2) is 5.69 Å². The van der Waals surface area contributed by atoms with E-state index in [4.69, 9.17) is 16.7 Å². The number of rotatable bonds is 4. The summed E-state index contributed by atoms with van der Waals surface area (Å²) in [6.45, 7) is 0. The van der Waals surface area contributed by atoms with Gasteiger partial charge in [-0.15, -0.1) is 0 Å². The molecule has 1 aromatic heterocycles. The third-order valence-corrected chi connectivity index (χ3v) is 4.79. The average Bonchev–Trinajstić information content (AvgIpc) is 3.00. The van der Waals surface area contributed by atoms with Crippen molar-refractivity contribution in [3.8, 4) is 22.4 Å². The first kappa shape index (κ1) is 17.2. The first-order chi connectivity index (χ1) is 11.8. The van der Waals surface area contributed by atoms with E-state index in [2.05, 4.69) is 10.2 Å². The summed E-state index contributed by atoms with van der Waals surface area (Å²) in [4.78, 5) is 11.4. The van der Waals surface area contributed by atoms with Crippen LogP contribution in [-0.4, -0.2) is 29.7 Å². The van der Waals surface area contributed by atoms with E-state index < -0.39 is 16.0 Å². The van der Waals surface area contributed by atoms with Gasteiger partial charge in [-0.1, -0.05) is 41.9 Å². The van der Waals surface area contributed by atoms with Crippen LogP contribution in [0.15, 0.2) is 53.4 Å². The molecule has 3 aromatic rings. The van der Waals surface area contributed by atoms with E-state index in [1.165, 1.54) is 18.2 Å². The Morgan fingerprint density at radius 2 is 1.76 bits per heavy atom. The first-order valence-corrected chi connectivity index (χ1v) is 8.91. The van der Waals surface area contributed by atoms with Gasteiger partial charge in [-0.05, 0) is 18.2 Å². The summed E-state index contributed by atoms with van der Waals surface area (Å²) in [5.41, 5.74) is 0.940. The zero-order valence-corrected chi connectivity index (χ0v) is 14.2. The molecule has 4 N–H and O–H groups in total. The van der Waals surface area contributed by atoms with Crippen molar-refractivity contribution in [2.75, 3.05) is 0 Å². The maximum absolute atomic E-state index is 11.9. The summed E-state index contributed by atoms with van der Waals surface area (Å²) < 4.78 is 23.8. The number of sulfonamides is 1. The van der Waals surface area contributed by atoms with Crippen LogP contribution in [0.3, 0.4) is 0 Å². The monoisotopic (exact) mass is 377 g/mol. The van der Waals surface area contributed by atoms with Crippen molar-refractivity contribution in [2.24, 2.45) is 5.14 Å². The number of carboxylic acid groups (broad SMARTS) is 1. The molecular formula is C16H12ClN3O4S. The van der Waals surface area contributed by atoms with E-state index >= 15 is 0 Å². The molecule has 0 fully saturated rings. The largest absolute Gasteiger partial charge is 0.476 e. The number of primary sulfonamides is 1. The van der Waals surface area contributed by atoms with Gasteiger partial charge in [0, 0.05) is 21.7 Å². The highest BCUT2D eigenvalue weighted by atomic mass is 35.5. The number of hydrogen-bond donors (Lipinski definition) is 3. The van der Waals surface area contributed by atoms with Gasteiger partial charge in [0.25, 0.3) is 0 Å². The quantitative estimate of drug-likeness (QED) is 0.644. The zero-order chi connectivity index (χ0) is 18.2. The van der Waals surface area contributed by atoms with Crippen molar-refractivity contribution in [3.05, 3.63) is 59.2 Å². The molecule has 128 valence electrons. The molecule has 9 heteroatoms. The Morgan fingerprint density at radius 1 is 1.12 bits per heavy atom. The Labute approximate surface area is 148 Å². The second kappa shape index (κ2) is 6.32. The fourth-order valence-electron chi connectivity index (χ4n) is 2.51. The van der Waals surface area contributed by atoms with Crippen LogP contribution in [0, 0.1) is 0 Å². The molecule has 25 heavy (non-hydrogen) atoms. The van der Waals surface area contributed by atoms with Crippen LogP contribution in [-0.2, 0) is 10.0 Å². The zero-order valence-electron chi connectivity index (χ0n) is 12.6. The lowest BCUT2D eigenvalue weighted by atomic mass is 9.99. The number of H-pyrrole nitrogens is 1. The molecule has 0 bridgehead atoms. The molecule has 0 aliphatic heterocycles. The summed E-state index contributed by atoms with van der Waals surface area (Å²) in [7, 11) is -4.06. The molecule has 0 aliphatic carbocycles. The van der Waals surface area contributed by atoms with Crippen LogP contribution in [0.2, 0.25) is 5.02 Å². The smallest absolute Gasteiger partial charge is 0.357 e. The standard InChI is InChI=1S/C16H12ClN3O4S/c17-10-7-5-9(6-8-10)14-13(15(16(21)22)20-19-14)11-3-1-2-4-12(11)25(18,23)24/h1-8H,(H,19,20)(H,21,22)(H2,18,23,24). The number of nitrogens with zero attached hydrogens (tertiary/aromatic N) is 1. The number of carboxylic acids is 1. The van der Waals surface area contributed by atoms with Crippen molar-refractivity contribution in [2.45, 2.75) is 4.90 Å². The van der Waals surface area contributed by atoms with Gasteiger partial charge in [0.05, 0.1) is 10.6 Å². The van der Waals surface area contributed by atoms with E-state index in [1.54, 1.807) is 30.3 Å². The lowest BCUT2D eigenvalue weighted by Crippen LogP contribution is -2.14. The van der Waals surface area contributed by atoms with Crippen molar-refractivity contribution >= 4 is 27.6 Å². The van der Waals surface area contributed by atoms with Crippen molar-refractivity contribution in [3.63, 3.8) is 0 Å². The van der Waals surface area contributed by atoms with Crippen LogP contribution in [0.1, 0.15) is 10.5 Å². The number of carbonyl (C=O) groups is 1. The maximum Gasteiger partial charge on any atom is 0.357 e. The number of aromatic carboxylic acids is 1. The normalized spacial score (nSPS) is 11.4. The Balaban J connectivity index is 2.35. The molecule has 0 saturated carbocycles. The Bertz CT molecular complexity index is 1060. The number of nitrogens with two attached hydrogens (primary N) is 1. The predicted molar refractivity (Wildman–Crippen MR) is 92.8 cm³/mol. The Morgan fingerprint density at radius 3 is 2.36 bits per heavy atom. The third kappa shape index (κ3) is 3.27. The van der Waals surface area contributed by atoms with Gasteiger partial charge in [-0.2, -0.15) is 5.10 Å². The summed E-state index contributed by atoms with van der Waals surface area (Å²) in [6.07, 6.45) is 0. The molecule has 3 rings (SSSR count). The van der Waals surface area contributed by atoms with E-state index in [9.17, 15) is 18.3 Å². The van der Waals surface area contributed by atoms with Gasteiger partial charge < -0.3 is 5.11 Å². The van der Waals surface area contributed by atoms with E-state index in [0.29, 0.717) is 16.3 Å². The fraction of sp³-hybridized carbons (Fsp3) is 0. The number of hydrogen-bond acceptors (Lipinski definition) is 4. The third-order valence-electron chi connectivity index (χ3n) is 3.56. The first-order valence-electron chi connectivity index (χ1n) is 6.99. The van der Waals surface area contributed by atoms with Gasteiger partial charge in [-0.3, -0.25) is 5.10 Å². The number of halogens is 1. The summed E-state index contributed by atoms with van der Waals surface area (Å²) >= 11 is 5.88. The van der Waals surface area contributed by atoms with Crippen LogP contribution in [0.5, 0.6) is 0 Å². The van der Waals surface area contributed by atoms with Crippen molar-refractivity contribution in [1.29, 1.82) is 0 Å². The molecule has 0 atom stereocenters. The molecule has 2 aromatic carbocycles. The van der Waals surface area contributed by atoms with Gasteiger partial charge in [0.1, 0.15) is 0 Å². The summed E-state index contributed by atoms with van der Waals surface area (Å²) in [6, 6.07) is 12.5. The average molecular weight is 378 g/mol. The molecule has 1 heterocycles. The maximum atomic E-state index is 11.9. The number of aromatic amines is 1. The highest BCUT2D eigenvalue weighted by Crippen LogP contribution is 2.36. The molecular weight excluding hydrogens is 366 g/mol. The molecule has 0 amide bonds. The van der Waals surface area contributed by atoms with Crippen LogP contribution < -0.4 is 5.14 Å². The highest BCUT2D eigenvalue weighted by Gasteiger charge is 2.25. The summed E-state index contributed by atoms with van der Waals surface area (Å²) in [5.74, 6) is -1.30. The Kier molecular flexibility index (Phi) is 4.34. The van der Waals surface area contributed by atoms with E-state index in [0.717, 1.165) is 0 Å². The number of aromatic nitrogens is 2. The number of benzene rings is 2. The van der Waals surface area contributed by atoms with Crippen LogP contribution in [0.4, 0.5) is 0 Å². The molecule has 0 spiro atoms. The molecule has 0 aliphatic rings. The molecule has 0 saturated heterocycles. The van der Waals surface area contributed by atoms with Gasteiger partial charge in [0.2, 0.25) is 10.0 Å². The summed E-state index contributed by atoms with van der Waals surface area (Å²) in [5, 5.41) is 21.7. The van der Waals surface area contributed by atoms with Crippen molar-refractivity contribution < 1.29 is 18.3 Å². The minimum absolute atomic E-state index is 0.138. The topological polar surface area (TPSA) is 126 Å². The number of nitrogens with one attached hydrogen (secondary N) is 1. The second-order valence-electron chi connectivity index (χ2n) is 5.18. The molecule has 0 unspecified atom stereocenters. The van der Waals surface area contributed by atoms with Gasteiger partial charge >= 0.3 is 5.97 Å². The lowest BCUT2D eigenvalue weighted by Gasteiger charge is -2.09. The molecule has 0 radical (unpaired) electrons. The van der Waals surface area contributed by atoms with Crippen LogP contribution in [0.25, 0.3) is 22.4 Å². The fourth-order valence-corrected chi connectivity index (χ4v) is 3.38. The molecule has 7 nitrogen and oxygen atoms in total. The van der Waals surface area contributed by atoms with E-state index in [-0.39, 0.29) is 21.7 Å². The van der Waals surface area contributed by atoms with E-state index in [1.807, 2.05) is 0 Å². The predicted octanol–water partition coefficient (Wildman–Crippen LogP) is 2.74. The minimum Gasteiger partial charge on any atom is -0.476 e. The van der Waals surface area contributed by atoms with Crippen LogP contribution >= 0.6 is 11.6 Å². The highest BCUT2D eigenvalue weighted by molar-refractivity contribution is 7.89. The SMILES string of the molecule is NS(=O)(=O)c1ccccc1-c1c(C(=O)O)n[nH]c1-c1ccc(Cl)cc1. The second-order valence-corrected chi connectivity index (χ2v) is 7.14. The van der Waals surface area contributed by atoms with Crippen molar-refractivity contribution in [1.82, 2.24) is 10.2 Å².